The third-order valence-electron chi connectivity index (χ3n) is 3.05. The monoisotopic (exact) mass is 288 g/mol. The minimum absolute atomic E-state index is 0.00898. The minimum atomic E-state index is -2.45. The fourth-order valence-electron chi connectivity index (χ4n) is 1.89. The molecule has 0 aliphatic carbocycles. The van der Waals surface area contributed by atoms with Gasteiger partial charge in [-0.1, -0.05) is 24.3 Å². The smallest absolute Gasteiger partial charge is 0.263 e. The van der Waals surface area contributed by atoms with Gasteiger partial charge in [0.2, 0.25) is 0 Å². The normalized spacial score (nSPS) is 10.2. The first-order valence-electron chi connectivity index (χ1n) is 6.33. The number of methoxy groups -OCH3 is 1. The van der Waals surface area contributed by atoms with Crippen molar-refractivity contribution < 1.29 is 13.5 Å². The summed E-state index contributed by atoms with van der Waals surface area (Å²) in [7, 11) is 1.53. The zero-order chi connectivity index (χ0) is 15.2. The van der Waals surface area contributed by atoms with E-state index in [4.69, 9.17) is 10.00 Å². The molecule has 2 rings (SSSR count). The third-order valence-corrected chi connectivity index (χ3v) is 3.05. The van der Waals surface area contributed by atoms with Gasteiger partial charge in [-0.15, -0.1) is 0 Å². The van der Waals surface area contributed by atoms with Crippen LogP contribution in [-0.2, 0) is 6.54 Å². The Labute approximate surface area is 121 Å². The molecule has 0 spiro atoms. The van der Waals surface area contributed by atoms with E-state index in [1.54, 1.807) is 30.3 Å². The van der Waals surface area contributed by atoms with E-state index in [1.165, 1.54) is 19.2 Å². The number of ether oxygens (including phenoxy) is 1. The van der Waals surface area contributed by atoms with E-state index in [-0.39, 0.29) is 5.56 Å². The van der Waals surface area contributed by atoms with Crippen LogP contribution in [0.4, 0.5) is 14.5 Å². The summed E-state index contributed by atoms with van der Waals surface area (Å²) in [6, 6.07) is 13.3. The summed E-state index contributed by atoms with van der Waals surface area (Å²) in [6.07, 6.45) is -2.45. The van der Waals surface area contributed by atoms with Crippen molar-refractivity contribution in [3.63, 3.8) is 0 Å². The van der Waals surface area contributed by atoms with Crippen LogP contribution in [0.15, 0.2) is 42.5 Å². The van der Waals surface area contributed by atoms with E-state index in [1.807, 2.05) is 6.07 Å². The van der Waals surface area contributed by atoms with Crippen molar-refractivity contribution in [3.05, 3.63) is 59.2 Å². The molecule has 2 aromatic rings. The number of benzene rings is 2. The lowest BCUT2D eigenvalue weighted by molar-refractivity contribution is 0.151. The van der Waals surface area contributed by atoms with Crippen LogP contribution in [-0.4, -0.2) is 7.11 Å². The predicted molar refractivity (Wildman–Crippen MR) is 76.4 cm³/mol. The summed E-state index contributed by atoms with van der Waals surface area (Å²) in [5.41, 5.74) is 2.15. The molecule has 0 radical (unpaired) electrons. The molecule has 0 aliphatic rings. The molecule has 1 N–H and O–H groups in total. The van der Waals surface area contributed by atoms with Crippen LogP contribution in [0.1, 0.15) is 23.1 Å². The van der Waals surface area contributed by atoms with Gasteiger partial charge in [0.15, 0.2) is 0 Å². The van der Waals surface area contributed by atoms with Crippen LogP contribution < -0.4 is 10.1 Å². The van der Waals surface area contributed by atoms with Crippen molar-refractivity contribution in [2.45, 2.75) is 13.0 Å². The molecule has 0 bridgehead atoms. The van der Waals surface area contributed by atoms with Crippen LogP contribution in [0.2, 0.25) is 0 Å². The first-order chi connectivity index (χ1) is 10.1. The van der Waals surface area contributed by atoms with Gasteiger partial charge in [0.1, 0.15) is 5.75 Å². The van der Waals surface area contributed by atoms with Gasteiger partial charge in [0.25, 0.3) is 6.43 Å². The van der Waals surface area contributed by atoms with Gasteiger partial charge in [0.05, 0.1) is 24.4 Å². The fraction of sp³-hybridized carbons (Fsp3) is 0.188. The van der Waals surface area contributed by atoms with Gasteiger partial charge < -0.3 is 10.1 Å². The molecule has 0 saturated carbocycles. The molecule has 21 heavy (non-hydrogen) atoms. The molecule has 0 aromatic heterocycles. The van der Waals surface area contributed by atoms with E-state index >= 15 is 0 Å². The number of hydrogen-bond donors (Lipinski definition) is 1. The number of nitrogens with one attached hydrogen (secondary N) is 1. The molecule has 0 amide bonds. The molecule has 0 atom stereocenters. The van der Waals surface area contributed by atoms with Crippen molar-refractivity contribution in [2.24, 2.45) is 0 Å². The summed E-state index contributed by atoms with van der Waals surface area (Å²) in [5.74, 6) is 0.568. The maximum absolute atomic E-state index is 12.5. The lowest BCUT2D eigenvalue weighted by atomic mass is 10.1. The number of anilines is 1. The van der Waals surface area contributed by atoms with E-state index < -0.39 is 6.43 Å². The SMILES string of the molecule is COc1cc(C#N)ccc1NCc1ccc(C(F)F)cc1. The van der Waals surface area contributed by atoms with Crippen LogP contribution in [0.5, 0.6) is 5.75 Å². The van der Waals surface area contributed by atoms with Gasteiger partial charge in [-0.3, -0.25) is 0 Å². The average Bonchev–Trinajstić information content (AvgIpc) is 2.53. The molecule has 0 heterocycles. The summed E-state index contributed by atoms with van der Waals surface area (Å²) >= 11 is 0. The highest BCUT2D eigenvalue weighted by molar-refractivity contribution is 5.59. The molecular weight excluding hydrogens is 274 g/mol. The number of nitrogens with zero attached hydrogens (tertiary/aromatic N) is 1. The average molecular weight is 288 g/mol. The number of nitriles is 1. The van der Waals surface area contributed by atoms with Gasteiger partial charge in [-0.25, -0.2) is 8.78 Å². The predicted octanol–water partition coefficient (Wildman–Crippen LogP) is 4.12. The molecule has 0 aliphatic heterocycles. The molecule has 2 aromatic carbocycles. The van der Waals surface area contributed by atoms with Crippen LogP contribution in [0, 0.1) is 11.3 Å². The molecule has 108 valence electrons. The Kier molecular flexibility index (Phi) is 4.72. The Morgan fingerprint density at radius 2 is 1.90 bits per heavy atom. The van der Waals surface area contributed by atoms with Gasteiger partial charge in [-0.2, -0.15) is 5.26 Å². The van der Waals surface area contributed by atoms with Crippen molar-refractivity contribution in [3.8, 4) is 11.8 Å². The van der Waals surface area contributed by atoms with Crippen LogP contribution in [0.3, 0.4) is 0 Å². The minimum Gasteiger partial charge on any atom is -0.495 e. The summed E-state index contributed by atoms with van der Waals surface area (Å²) in [4.78, 5) is 0. The van der Waals surface area contributed by atoms with Crippen molar-refractivity contribution in [2.75, 3.05) is 12.4 Å². The van der Waals surface area contributed by atoms with Crippen molar-refractivity contribution >= 4 is 5.69 Å². The first-order valence-corrected chi connectivity index (χ1v) is 6.33. The van der Waals surface area contributed by atoms with E-state index in [0.717, 1.165) is 11.3 Å². The Balaban J connectivity index is 2.07. The van der Waals surface area contributed by atoms with E-state index in [2.05, 4.69) is 5.32 Å². The van der Waals surface area contributed by atoms with Crippen LogP contribution >= 0.6 is 0 Å². The molecular formula is C16H14F2N2O. The van der Waals surface area contributed by atoms with Crippen molar-refractivity contribution in [1.82, 2.24) is 0 Å². The Morgan fingerprint density at radius 1 is 1.19 bits per heavy atom. The number of alkyl halides is 2. The fourth-order valence-corrected chi connectivity index (χ4v) is 1.89. The second-order valence-electron chi connectivity index (χ2n) is 4.42. The Hall–Kier alpha value is -2.61. The number of rotatable bonds is 5. The number of hydrogen-bond acceptors (Lipinski definition) is 3. The van der Waals surface area contributed by atoms with Gasteiger partial charge >= 0.3 is 0 Å². The zero-order valence-corrected chi connectivity index (χ0v) is 11.4. The molecule has 0 fully saturated rings. The van der Waals surface area contributed by atoms with E-state index in [0.29, 0.717) is 17.9 Å². The quantitative estimate of drug-likeness (QED) is 0.900. The zero-order valence-electron chi connectivity index (χ0n) is 11.4. The molecule has 3 nitrogen and oxygen atoms in total. The second kappa shape index (κ2) is 6.71. The highest BCUT2D eigenvalue weighted by Crippen LogP contribution is 2.26. The topological polar surface area (TPSA) is 45.0 Å². The Morgan fingerprint density at radius 3 is 2.48 bits per heavy atom. The Bertz CT molecular complexity index is 648. The van der Waals surface area contributed by atoms with Gasteiger partial charge in [-0.05, 0) is 17.7 Å². The standard InChI is InChI=1S/C16H14F2N2O/c1-21-15-8-12(9-19)4-7-14(15)20-10-11-2-5-13(6-3-11)16(17)18/h2-8,16,20H,10H2,1H3. The lowest BCUT2D eigenvalue weighted by Crippen LogP contribution is -2.02. The summed E-state index contributed by atoms with van der Waals surface area (Å²) < 4.78 is 30.1. The van der Waals surface area contributed by atoms with Gasteiger partial charge in [0, 0.05) is 18.2 Å². The van der Waals surface area contributed by atoms with Crippen molar-refractivity contribution in [1.29, 1.82) is 5.26 Å². The molecule has 0 saturated heterocycles. The summed E-state index contributed by atoms with van der Waals surface area (Å²) in [5, 5.41) is 12.0. The number of halogens is 2. The third kappa shape index (κ3) is 3.69. The lowest BCUT2D eigenvalue weighted by Gasteiger charge is -2.11. The summed E-state index contributed by atoms with van der Waals surface area (Å²) in [6.45, 7) is 0.478. The maximum Gasteiger partial charge on any atom is 0.263 e. The van der Waals surface area contributed by atoms with Crippen LogP contribution in [0.25, 0.3) is 0 Å². The molecule has 0 unspecified atom stereocenters. The maximum atomic E-state index is 12.5. The largest absolute Gasteiger partial charge is 0.495 e. The molecule has 5 heteroatoms. The second-order valence-corrected chi connectivity index (χ2v) is 4.42. The first kappa shape index (κ1) is 14.8. The van der Waals surface area contributed by atoms with E-state index in [9.17, 15) is 8.78 Å². The highest BCUT2D eigenvalue weighted by Gasteiger charge is 2.07. The highest BCUT2D eigenvalue weighted by atomic mass is 19.3.